The number of ether oxygens (including phenoxy) is 1. The Morgan fingerprint density at radius 2 is 1.50 bits per heavy atom. The highest BCUT2D eigenvalue weighted by Crippen LogP contribution is 2.22. The summed E-state index contributed by atoms with van der Waals surface area (Å²) in [4.78, 5) is 0. The lowest BCUT2D eigenvalue weighted by atomic mass is 10.1. The summed E-state index contributed by atoms with van der Waals surface area (Å²) < 4.78 is 5.40. The largest absolute Gasteiger partial charge is 0.508 e. The van der Waals surface area contributed by atoms with E-state index in [1.807, 2.05) is 36.4 Å². The molecule has 0 saturated heterocycles. The fraction of sp³-hybridized carbons (Fsp3) is 0.0588. The third-order valence-corrected chi connectivity index (χ3v) is 2.64. The van der Waals surface area contributed by atoms with E-state index in [2.05, 4.69) is 6.58 Å². The van der Waals surface area contributed by atoms with Gasteiger partial charge in [0.05, 0.1) is 0 Å². The van der Waals surface area contributed by atoms with Gasteiger partial charge in [-0.1, -0.05) is 36.9 Å². The first-order valence-electron chi connectivity index (χ1n) is 6.22. The quantitative estimate of drug-likeness (QED) is 0.640. The third kappa shape index (κ3) is 3.92. The fourth-order valence-corrected chi connectivity index (χ4v) is 1.74. The van der Waals surface area contributed by atoms with Gasteiger partial charge >= 0.3 is 0 Å². The van der Waals surface area contributed by atoms with Gasteiger partial charge in [-0.15, -0.1) is 0 Å². The van der Waals surface area contributed by atoms with Gasteiger partial charge < -0.3 is 14.9 Å². The number of phenolic OH excluding ortho intramolecular Hbond substituents is 2. The van der Waals surface area contributed by atoms with Crippen molar-refractivity contribution in [3.05, 3.63) is 66.2 Å². The molecule has 20 heavy (non-hydrogen) atoms. The molecule has 0 radical (unpaired) electrons. The van der Waals surface area contributed by atoms with Gasteiger partial charge in [-0.05, 0) is 35.4 Å². The zero-order valence-electron chi connectivity index (χ0n) is 11.0. The van der Waals surface area contributed by atoms with Crippen LogP contribution in [0.15, 0.2) is 55.1 Å². The van der Waals surface area contributed by atoms with Gasteiger partial charge in [0.15, 0.2) is 0 Å². The molecule has 0 atom stereocenters. The van der Waals surface area contributed by atoms with E-state index in [0.717, 1.165) is 16.9 Å². The Kier molecular flexibility index (Phi) is 4.45. The van der Waals surface area contributed by atoms with Crippen molar-refractivity contribution in [1.29, 1.82) is 0 Å². The van der Waals surface area contributed by atoms with Crippen LogP contribution in [0.5, 0.6) is 17.2 Å². The zero-order valence-corrected chi connectivity index (χ0v) is 11.0. The predicted molar refractivity (Wildman–Crippen MR) is 80.8 cm³/mol. The molecule has 2 aromatic carbocycles. The van der Waals surface area contributed by atoms with Crippen LogP contribution in [0.25, 0.3) is 12.2 Å². The summed E-state index contributed by atoms with van der Waals surface area (Å²) in [6.07, 6.45) is 5.41. The van der Waals surface area contributed by atoms with Crippen LogP contribution in [-0.4, -0.2) is 16.8 Å². The van der Waals surface area contributed by atoms with Crippen LogP contribution in [0.1, 0.15) is 11.1 Å². The van der Waals surface area contributed by atoms with Crippen molar-refractivity contribution >= 4 is 12.2 Å². The molecule has 3 heteroatoms. The van der Waals surface area contributed by atoms with Crippen molar-refractivity contribution in [3.63, 3.8) is 0 Å². The normalized spacial score (nSPS) is 10.6. The molecule has 0 bridgehead atoms. The summed E-state index contributed by atoms with van der Waals surface area (Å²) in [7, 11) is 0. The van der Waals surface area contributed by atoms with Gasteiger partial charge in [0.25, 0.3) is 0 Å². The standard InChI is InChI=1S/C17H16O3/c1-2-9-20-17-7-5-13(6-8-17)3-4-14-10-15(18)12-16(19)11-14/h2-8,10-12,18-19H,1,9H2/b4-3+. The monoisotopic (exact) mass is 268 g/mol. The van der Waals surface area contributed by atoms with Crippen LogP contribution >= 0.6 is 0 Å². The van der Waals surface area contributed by atoms with E-state index >= 15 is 0 Å². The van der Waals surface area contributed by atoms with E-state index in [1.165, 1.54) is 6.07 Å². The molecular formula is C17H16O3. The molecule has 0 aliphatic heterocycles. The summed E-state index contributed by atoms with van der Waals surface area (Å²) in [5.41, 5.74) is 1.73. The summed E-state index contributed by atoms with van der Waals surface area (Å²) in [6, 6.07) is 12.1. The SMILES string of the molecule is C=CCOc1ccc(/C=C/c2cc(O)cc(O)c2)cc1. The molecule has 2 aromatic rings. The second-order valence-corrected chi connectivity index (χ2v) is 4.28. The minimum Gasteiger partial charge on any atom is -0.508 e. The molecule has 2 rings (SSSR count). The molecule has 0 fully saturated rings. The van der Waals surface area contributed by atoms with Gasteiger partial charge in [0, 0.05) is 6.07 Å². The number of hydrogen-bond acceptors (Lipinski definition) is 3. The lowest BCUT2D eigenvalue weighted by Gasteiger charge is -2.03. The molecular weight excluding hydrogens is 252 g/mol. The Balaban J connectivity index is 2.08. The number of rotatable bonds is 5. The highest BCUT2D eigenvalue weighted by Gasteiger charge is 1.96. The van der Waals surface area contributed by atoms with Crippen LogP contribution in [0.2, 0.25) is 0 Å². The zero-order chi connectivity index (χ0) is 14.4. The van der Waals surface area contributed by atoms with Crippen LogP contribution in [0.4, 0.5) is 0 Å². The number of benzene rings is 2. The molecule has 2 N–H and O–H groups in total. The molecule has 0 amide bonds. The Morgan fingerprint density at radius 1 is 0.900 bits per heavy atom. The first kappa shape index (κ1) is 13.7. The van der Waals surface area contributed by atoms with Crippen molar-refractivity contribution in [2.24, 2.45) is 0 Å². The van der Waals surface area contributed by atoms with Crippen molar-refractivity contribution < 1.29 is 14.9 Å². The summed E-state index contributed by atoms with van der Waals surface area (Å²) in [5, 5.41) is 18.8. The molecule has 102 valence electrons. The fourth-order valence-electron chi connectivity index (χ4n) is 1.74. The van der Waals surface area contributed by atoms with Crippen molar-refractivity contribution in [2.45, 2.75) is 0 Å². The van der Waals surface area contributed by atoms with E-state index in [1.54, 1.807) is 18.2 Å². The highest BCUT2D eigenvalue weighted by molar-refractivity contribution is 5.71. The lowest BCUT2D eigenvalue weighted by Crippen LogP contribution is -1.91. The lowest BCUT2D eigenvalue weighted by molar-refractivity contribution is 0.363. The van der Waals surface area contributed by atoms with Crippen molar-refractivity contribution in [3.8, 4) is 17.2 Å². The molecule has 0 saturated carbocycles. The maximum absolute atomic E-state index is 9.39. The maximum atomic E-state index is 9.39. The van der Waals surface area contributed by atoms with Gasteiger partial charge in [-0.2, -0.15) is 0 Å². The summed E-state index contributed by atoms with van der Waals surface area (Å²) >= 11 is 0. The van der Waals surface area contributed by atoms with Crippen LogP contribution in [-0.2, 0) is 0 Å². The van der Waals surface area contributed by atoms with E-state index in [0.29, 0.717) is 6.61 Å². The average Bonchev–Trinajstić information content (AvgIpc) is 2.43. The van der Waals surface area contributed by atoms with Crippen molar-refractivity contribution in [2.75, 3.05) is 6.61 Å². The first-order valence-corrected chi connectivity index (χ1v) is 6.22. The smallest absolute Gasteiger partial charge is 0.119 e. The van der Waals surface area contributed by atoms with Crippen LogP contribution < -0.4 is 4.74 Å². The highest BCUT2D eigenvalue weighted by atomic mass is 16.5. The second-order valence-electron chi connectivity index (χ2n) is 4.28. The number of hydrogen-bond donors (Lipinski definition) is 2. The Morgan fingerprint density at radius 3 is 2.10 bits per heavy atom. The minimum atomic E-state index is 0.0397. The Labute approximate surface area is 118 Å². The second kappa shape index (κ2) is 6.48. The predicted octanol–water partition coefficient (Wildman–Crippen LogP) is 3.83. The van der Waals surface area contributed by atoms with Crippen molar-refractivity contribution in [1.82, 2.24) is 0 Å². The molecule has 0 aliphatic carbocycles. The third-order valence-electron chi connectivity index (χ3n) is 2.64. The van der Waals surface area contributed by atoms with Gasteiger partial charge in [-0.25, -0.2) is 0 Å². The average molecular weight is 268 g/mol. The van der Waals surface area contributed by atoms with Gasteiger partial charge in [-0.3, -0.25) is 0 Å². The first-order chi connectivity index (χ1) is 9.67. The maximum Gasteiger partial charge on any atom is 0.119 e. The molecule has 0 spiro atoms. The van der Waals surface area contributed by atoms with Gasteiger partial charge in [0.1, 0.15) is 23.9 Å². The van der Waals surface area contributed by atoms with Crippen LogP contribution in [0, 0.1) is 0 Å². The number of phenols is 2. The molecule has 0 unspecified atom stereocenters. The topological polar surface area (TPSA) is 49.7 Å². The molecule has 0 heterocycles. The summed E-state index contributed by atoms with van der Waals surface area (Å²) in [5.74, 6) is 0.868. The van der Waals surface area contributed by atoms with E-state index < -0.39 is 0 Å². The van der Waals surface area contributed by atoms with Gasteiger partial charge in [0.2, 0.25) is 0 Å². The summed E-state index contributed by atoms with van der Waals surface area (Å²) in [6.45, 7) is 4.08. The Bertz CT molecular complexity index is 592. The minimum absolute atomic E-state index is 0.0397. The number of aromatic hydroxyl groups is 2. The Hall–Kier alpha value is -2.68. The molecule has 0 aliphatic rings. The van der Waals surface area contributed by atoms with Crippen LogP contribution in [0.3, 0.4) is 0 Å². The molecule has 0 aromatic heterocycles. The molecule has 3 nitrogen and oxygen atoms in total. The van der Waals surface area contributed by atoms with E-state index in [4.69, 9.17) is 4.74 Å². The van der Waals surface area contributed by atoms with E-state index in [-0.39, 0.29) is 11.5 Å². The van der Waals surface area contributed by atoms with E-state index in [9.17, 15) is 10.2 Å².